The van der Waals surface area contributed by atoms with E-state index in [-0.39, 0.29) is 0 Å². The van der Waals surface area contributed by atoms with Crippen molar-refractivity contribution in [3.05, 3.63) is 108 Å². The largest absolute Gasteiger partial charge is 0.497 e. The van der Waals surface area contributed by atoms with Gasteiger partial charge in [0.25, 0.3) is 0 Å². The zero-order valence-corrected chi connectivity index (χ0v) is 17.9. The molecule has 156 valence electrons. The van der Waals surface area contributed by atoms with Crippen molar-refractivity contribution in [3.63, 3.8) is 0 Å². The van der Waals surface area contributed by atoms with E-state index in [9.17, 15) is 0 Å². The Balaban J connectivity index is 1.30. The number of benzene rings is 4. The quantitative estimate of drug-likeness (QED) is 0.321. The van der Waals surface area contributed by atoms with Gasteiger partial charge in [0.1, 0.15) is 11.5 Å². The van der Waals surface area contributed by atoms with E-state index in [4.69, 9.17) is 14.2 Å². The molecule has 0 N–H and O–H groups in total. The molecule has 0 atom stereocenters. The Kier molecular flexibility index (Phi) is 6.65. The molecular formula is C28H26O3. The Morgan fingerprint density at radius 1 is 0.419 bits per heavy atom. The van der Waals surface area contributed by atoms with E-state index in [1.807, 2.05) is 24.3 Å². The van der Waals surface area contributed by atoms with E-state index in [0.717, 1.165) is 22.6 Å². The summed E-state index contributed by atoms with van der Waals surface area (Å²) in [6, 6.07) is 33.2. The molecule has 4 aromatic rings. The van der Waals surface area contributed by atoms with Gasteiger partial charge >= 0.3 is 0 Å². The maximum atomic E-state index is 5.92. The van der Waals surface area contributed by atoms with Crippen LogP contribution in [0.3, 0.4) is 0 Å². The van der Waals surface area contributed by atoms with E-state index >= 15 is 0 Å². The molecule has 0 saturated heterocycles. The Hall–Kier alpha value is -3.56. The van der Waals surface area contributed by atoms with Crippen molar-refractivity contribution >= 4 is 0 Å². The molecule has 0 unspecified atom stereocenters. The highest BCUT2D eigenvalue weighted by atomic mass is 16.5. The molecular weight excluding hydrogens is 384 g/mol. The fourth-order valence-electron chi connectivity index (χ4n) is 3.44. The zero-order chi connectivity index (χ0) is 21.5. The average molecular weight is 411 g/mol. The van der Waals surface area contributed by atoms with Gasteiger partial charge in [-0.2, -0.15) is 0 Å². The normalized spacial score (nSPS) is 10.6. The van der Waals surface area contributed by atoms with Crippen molar-refractivity contribution in [3.8, 4) is 33.8 Å². The van der Waals surface area contributed by atoms with Crippen molar-refractivity contribution in [2.45, 2.75) is 13.2 Å². The van der Waals surface area contributed by atoms with Crippen LogP contribution in [0.2, 0.25) is 0 Å². The van der Waals surface area contributed by atoms with Gasteiger partial charge in [0.2, 0.25) is 0 Å². The summed E-state index contributed by atoms with van der Waals surface area (Å²) >= 11 is 0. The topological polar surface area (TPSA) is 27.7 Å². The van der Waals surface area contributed by atoms with Crippen LogP contribution in [0, 0.1) is 0 Å². The summed E-state index contributed by atoms with van der Waals surface area (Å²) in [7, 11) is 3.36. The summed E-state index contributed by atoms with van der Waals surface area (Å²) < 4.78 is 16.4. The van der Waals surface area contributed by atoms with Crippen LogP contribution in [0.1, 0.15) is 11.1 Å². The third-order valence-electron chi connectivity index (χ3n) is 5.29. The molecule has 0 saturated carbocycles. The number of methoxy groups -OCH3 is 2. The molecule has 0 amide bonds. The second kappa shape index (κ2) is 9.96. The molecule has 0 aliphatic rings. The lowest BCUT2D eigenvalue weighted by atomic mass is 10.0. The minimum atomic E-state index is 0.586. The number of hydrogen-bond donors (Lipinski definition) is 0. The molecule has 3 nitrogen and oxygen atoms in total. The molecule has 31 heavy (non-hydrogen) atoms. The van der Waals surface area contributed by atoms with Crippen molar-refractivity contribution in [2.24, 2.45) is 0 Å². The summed E-state index contributed by atoms with van der Waals surface area (Å²) in [5, 5.41) is 0. The smallest absolute Gasteiger partial charge is 0.118 e. The first-order chi connectivity index (χ1) is 15.2. The Labute approximate surface area is 183 Å². The van der Waals surface area contributed by atoms with Crippen LogP contribution in [-0.4, -0.2) is 14.2 Å². The van der Waals surface area contributed by atoms with Crippen molar-refractivity contribution < 1.29 is 14.2 Å². The van der Waals surface area contributed by atoms with E-state index in [1.165, 1.54) is 22.3 Å². The molecule has 4 rings (SSSR count). The van der Waals surface area contributed by atoms with Crippen LogP contribution in [0.4, 0.5) is 0 Å². The highest BCUT2D eigenvalue weighted by Crippen LogP contribution is 2.24. The van der Waals surface area contributed by atoms with Crippen molar-refractivity contribution in [1.82, 2.24) is 0 Å². The summed E-state index contributed by atoms with van der Waals surface area (Å²) in [5.41, 5.74) is 7.02. The van der Waals surface area contributed by atoms with Gasteiger partial charge in [-0.3, -0.25) is 0 Å². The van der Waals surface area contributed by atoms with Gasteiger partial charge in [-0.25, -0.2) is 0 Å². The fraction of sp³-hybridized carbons (Fsp3) is 0.143. The number of ether oxygens (including phenoxy) is 3. The monoisotopic (exact) mass is 410 g/mol. The standard InChI is InChI=1S/C28H26O3/c1-29-27-15-11-25(12-16-27)23-7-3-21(4-8-23)19-31-20-22-5-9-24(10-6-22)26-13-17-28(30-2)18-14-26/h3-18H,19-20H2,1-2H3. The van der Waals surface area contributed by atoms with Crippen LogP contribution in [-0.2, 0) is 18.0 Å². The second-order valence-corrected chi connectivity index (χ2v) is 7.34. The molecule has 0 spiro atoms. The highest BCUT2D eigenvalue weighted by Gasteiger charge is 2.02. The van der Waals surface area contributed by atoms with Crippen LogP contribution >= 0.6 is 0 Å². The Bertz CT molecular complexity index is 990. The van der Waals surface area contributed by atoms with Crippen molar-refractivity contribution in [2.75, 3.05) is 14.2 Å². The predicted octanol–water partition coefficient (Wildman–Crippen LogP) is 6.75. The Morgan fingerprint density at radius 3 is 1.00 bits per heavy atom. The average Bonchev–Trinajstić information content (AvgIpc) is 2.85. The number of hydrogen-bond acceptors (Lipinski definition) is 3. The molecule has 0 radical (unpaired) electrons. The summed E-state index contributed by atoms with van der Waals surface area (Å²) in [4.78, 5) is 0. The highest BCUT2D eigenvalue weighted by molar-refractivity contribution is 5.65. The molecule has 0 fully saturated rings. The summed E-state index contributed by atoms with van der Waals surface area (Å²) in [5.74, 6) is 1.73. The van der Waals surface area contributed by atoms with E-state index in [0.29, 0.717) is 13.2 Å². The minimum Gasteiger partial charge on any atom is -0.497 e. The van der Waals surface area contributed by atoms with Crippen molar-refractivity contribution in [1.29, 1.82) is 0 Å². The maximum absolute atomic E-state index is 5.92. The molecule has 0 heterocycles. The van der Waals surface area contributed by atoms with Gasteiger partial charge in [0.05, 0.1) is 27.4 Å². The van der Waals surface area contributed by atoms with Gasteiger partial charge in [-0.05, 0) is 57.6 Å². The van der Waals surface area contributed by atoms with Crippen LogP contribution in [0.5, 0.6) is 11.5 Å². The van der Waals surface area contributed by atoms with Gasteiger partial charge in [0.15, 0.2) is 0 Å². The van der Waals surface area contributed by atoms with Gasteiger partial charge in [-0.1, -0.05) is 72.8 Å². The maximum Gasteiger partial charge on any atom is 0.118 e. The van der Waals surface area contributed by atoms with Gasteiger partial charge in [-0.15, -0.1) is 0 Å². The summed E-state index contributed by atoms with van der Waals surface area (Å²) in [6.45, 7) is 1.17. The Morgan fingerprint density at radius 2 is 0.710 bits per heavy atom. The van der Waals surface area contributed by atoms with E-state index in [2.05, 4.69) is 72.8 Å². The van der Waals surface area contributed by atoms with Crippen LogP contribution < -0.4 is 9.47 Å². The first-order valence-corrected chi connectivity index (χ1v) is 10.3. The van der Waals surface area contributed by atoms with Gasteiger partial charge < -0.3 is 14.2 Å². The molecule has 0 aliphatic carbocycles. The SMILES string of the molecule is COc1ccc(-c2ccc(COCc3ccc(-c4ccc(OC)cc4)cc3)cc2)cc1. The third kappa shape index (κ3) is 5.33. The molecule has 0 bridgehead atoms. The molecule has 4 aromatic carbocycles. The summed E-state index contributed by atoms with van der Waals surface area (Å²) in [6.07, 6.45) is 0. The first kappa shape index (κ1) is 20.7. The lowest BCUT2D eigenvalue weighted by Gasteiger charge is -2.08. The van der Waals surface area contributed by atoms with E-state index < -0.39 is 0 Å². The zero-order valence-electron chi connectivity index (χ0n) is 17.9. The molecule has 0 aliphatic heterocycles. The second-order valence-electron chi connectivity index (χ2n) is 7.34. The van der Waals surface area contributed by atoms with Gasteiger partial charge in [0, 0.05) is 0 Å². The fourth-order valence-corrected chi connectivity index (χ4v) is 3.44. The van der Waals surface area contributed by atoms with Crippen LogP contribution in [0.25, 0.3) is 22.3 Å². The van der Waals surface area contributed by atoms with Crippen LogP contribution in [0.15, 0.2) is 97.1 Å². The predicted molar refractivity (Wildman–Crippen MR) is 125 cm³/mol. The third-order valence-corrected chi connectivity index (χ3v) is 5.29. The molecule has 3 heteroatoms. The molecule has 0 aromatic heterocycles. The lowest BCUT2D eigenvalue weighted by molar-refractivity contribution is 0.107. The van der Waals surface area contributed by atoms with E-state index in [1.54, 1.807) is 14.2 Å². The number of rotatable bonds is 8. The lowest BCUT2D eigenvalue weighted by Crippen LogP contribution is -1.94. The minimum absolute atomic E-state index is 0.586. The first-order valence-electron chi connectivity index (χ1n) is 10.3.